The maximum atomic E-state index is 12.0. The third-order valence-electron chi connectivity index (χ3n) is 6.26. The lowest BCUT2D eigenvalue weighted by atomic mass is 10.0. The normalized spacial score (nSPS) is 11.0. The first-order valence-corrected chi connectivity index (χ1v) is 13.3. The molecule has 2 heteroatoms. The van der Waals surface area contributed by atoms with Crippen LogP contribution in [0.5, 0.6) is 0 Å². The first kappa shape index (κ1) is 27.6. The molecule has 0 saturated heterocycles. The summed E-state index contributed by atoms with van der Waals surface area (Å²) in [6, 6.07) is 9.14. The van der Waals surface area contributed by atoms with E-state index in [1.54, 1.807) is 12.1 Å². The van der Waals surface area contributed by atoms with Gasteiger partial charge in [-0.2, -0.15) is 0 Å². The second kappa shape index (κ2) is 20.5. The van der Waals surface area contributed by atoms with Crippen molar-refractivity contribution in [1.29, 1.82) is 0 Å². The lowest BCUT2D eigenvalue weighted by Gasteiger charge is -2.04. The molecule has 0 unspecified atom stereocenters. The van der Waals surface area contributed by atoms with Gasteiger partial charge in [-0.3, -0.25) is 9.59 Å². The van der Waals surface area contributed by atoms with E-state index in [0.29, 0.717) is 12.0 Å². The van der Waals surface area contributed by atoms with Gasteiger partial charge in [0.05, 0.1) is 6.42 Å². The molecule has 0 aliphatic rings. The van der Waals surface area contributed by atoms with Crippen LogP contribution in [0, 0.1) is 0 Å². The van der Waals surface area contributed by atoms with Gasteiger partial charge in [0.2, 0.25) is 0 Å². The van der Waals surface area contributed by atoms with E-state index >= 15 is 0 Å². The number of hydrogen-bond acceptors (Lipinski definition) is 2. The topological polar surface area (TPSA) is 34.1 Å². The van der Waals surface area contributed by atoms with E-state index in [0.717, 1.165) is 12.8 Å². The highest BCUT2D eigenvalue weighted by molar-refractivity contribution is 6.07. The van der Waals surface area contributed by atoms with Crippen LogP contribution >= 0.6 is 0 Å². The number of carbonyl (C=O) groups excluding carboxylic acids is 2. The Hall–Kier alpha value is -1.44. The second-order valence-electron chi connectivity index (χ2n) is 9.27. The minimum atomic E-state index is -0.0481. The number of carbonyl (C=O) groups is 2. The fraction of sp³-hybridized carbons (Fsp3) is 0.724. The van der Waals surface area contributed by atoms with Crippen LogP contribution in [0.25, 0.3) is 0 Å². The van der Waals surface area contributed by atoms with Crippen molar-refractivity contribution < 1.29 is 9.59 Å². The zero-order valence-electron chi connectivity index (χ0n) is 20.3. The molecule has 0 aliphatic heterocycles. The van der Waals surface area contributed by atoms with Crippen molar-refractivity contribution in [2.75, 3.05) is 0 Å². The van der Waals surface area contributed by atoms with E-state index in [-0.39, 0.29) is 18.0 Å². The number of Topliss-reactive ketones (excluding diaryl/α,β-unsaturated/α-hetero) is 2. The highest BCUT2D eigenvalue weighted by Crippen LogP contribution is 2.15. The maximum Gasteiger partial charge on any atom is 0.170 e. The fourth-order valence-electron chi connectivity index (χ4n) is 4.22. The van der Waals surface area contributed by atoms with E-state index in [9.17, 15) is 9.59 Å². The smallest absolute Gasteiger partial charge is 0.170 e. The highest BCUT2D eigenvalue weighted by atomic mass is 16.1. The summed E-state index contributed by atoms with van der Waals surface area (Å²) >= 11 is 0. The first-order chi connectivity index (χ1) is 15.2. The zero-order valence-corrected chi connectivity index (χ0v) is 20.3. The van der Waals surface area contributed by atoms with Crippen molar-refractivity contribution in [2.24, 2.45) is 0 Å². The predicted octanol–water partition coefficient (Wildman–Crippen LogP) is 9.26. The lowest BCUT2D eigenvalue weighted by molar-refractivity contribution is -0.118. The summed E-state index contributed by atoms with van der Waals surface area (Å²) in [4.78, 5) is 24.0. The molecule has 0 bridgehead atoms. The van der Waals surface area contributed by atoms with E-state index in [2.05, 4.69) is 6.92 Å². The lowest BCUT2D eigenvalue weighted by Crippen LogP contribution is -2.07. The molecular weight excluding hydrogens is 380 g/mol. The Bertz CT molecular complexity index is 549. The Morgan fingerprint density at radius 3 is 1.35 bits per heavy atom. The quantitative estimate of drug-likeness (QED) is 0.105. The average molecular weight is 429 g/mol. The van der Waals surface area contributed by atoms with Crippen molar-refractivity contribution >= 4 is 11.6 Å². The Kier molecular flexibility index (Phi) is 18.2. The Labute approximate surface area is 192 Å². The largest absolute Gasteiger partial charge is 0.299 e. The molecule has 2 nitrogen and oxygen atoms in total. The third-order valence-corrected chi connectivity index (χ3v) is 6.26. The molecule has 0 heterocycles. The van der Waals surface area contributed by atoms with Crippen LogP contribution in [-0.4, -0.2) is 11.6 Å². The fourth-order valence-corrected chi connectivity index (χ4v) is 4.22. The van der Waals surface area contributed by atoms with Gasteiger partial charge in [-0.05, 0) is 6.42 Å². The van der Waals surface area contributed by atoms with Crippen LogP contribution in [0.4, 0.5) is 0 Å². The molecule has 0 amide bonds. The van der Waals surface area contributed by atoms with Gasteiger partial charge in [-0.1, -0.05) is 146 Å². The first-order valence-electron chi connectivity index (χ1n) is 13.3. The standard InChI is InChI=1S/C29H48O2/c1-2-3-4-5-6-7-8-9-10-11-12-13-14-15-16-17-18-22-25-28(30)26-29(31)27-23-20-19-21-24-27/h19-21,23-24H,2-18,22,25-26H2,1H3. The molecule has 0 N–H and O–H groups in total. The Morgan fingerprint density at radius 2 is 0.935 bits per heavy atom. The molecule has 0 fully saturated rings. The van der Waals surface area contributed by atoms with Gasteiger partial charge in [0, 0.05) is 12.0 Å². The molecule has 1 aromatic rings. The van der Waals surface area contributed by atoms with Gasteiger partial charge >= 0.3 is 0 Å². The summed E-state index contributed by atoms with van der Waals surface area (Å²) in [6.07, 6.45) is 24.9. The molecule has 0 aromatic heterocycles. The van der Waals surface area contributed by atoms with E-state index in [1.807, 2.05) is 18.2 Å². The number of rotatable bonds is 22. The number of benzene rings is 1. The van der Waals surface area contributed by atoms with Crippen LogP contribution in [0.3, 0.4) is 0 Å². The minimum absolute atomic E-state index is 0.0481. The Morgan fingerprint density at radius 1 is 0.548 bits per heavy atom. The molecule has 0 radical (unpaired) electrons. The zero-order chi connectivity index (χ0) is 22.4. The van der Waals surface area contributed by atoms with E-state index < -0.39 is 0 Å². The van der Waals surface area contributed by atoms with Gasteiger partial charge in [0.25, 0.3) is 0 Å². The van der Waals surface area contributed by atoms with E-state index in [4.69, 9.17) is 0 Å². The molecule has 1 aromatic carbocycles. The second-order valence-corrected chi connectivity index (χ2v) is 9.27. The van der Waals surface area contributed by atoms with Crippen LogP contribution in [0.1, 0.15) is 146 Å². The van der Waals surface area contributed by atoms with Gasteiger partial charge in [0.1, 0.15) is 5.78 Å². The van der Waals surface area contributed by atoms with Crippen molar-refractivity contribution in [3.63, 3.8) is 0 Å². The van der Waals surface area contributed by atoms with Crippen molar-refractivity contribution in [3.8, 4) is 0 Å². The number of ketones is 2. The van der Waals surface area contributed by atoms with Gasteiger partial charge < -0.3 is 0 Å². The summed E-state index contributed by atoms with van der Waals surface area (Å²) in [5.74, 6) is 0.0401. The molecule has 0 atom stereocenters. The number of hydrogen-bond donors (Lipinski definition) is 0. The van der Waals surface area contributed by atoms with E-state index in [1.165, 1.54) is 103 Å². The van der Waals surface area contributed by atoms with Crippen molar-refractivity contribution in [3.05, 3.63) is 35.9 Å². The van der Waals surface area contributed by atoms with Crippen LogP contribution in [-0.2, 0) is 4.79 Å². The maximum absolute atomic E-state index is 12.0. The highest BCUT2D eigenvalue weighted by Gasteiger charge is 2.11. The molecular formula is C29H48O2. The monoisotopic (exact) mass is 428 g/mol. The van der Waals surface area contributed by atoms with Crippen molar-refractivity contribution in [1.82, 2.24) is 0 Å². The molecule has 176 valence electrons. The molecule has 0 spiro atoms. The predicted molar refractivity (Wildman–Crippen MR) is 134 cm³/mol. The molecule has 1 rings (SSSR count). The van der Waals surface area contributed by atoms with Crippen LogP contribution in [0.2, 0.25) is 0 Å². The summed E-state index contributed by atoms with van der Waals surface area (Å²) in [7, 11) is 0. The van der Waals surface area contributed by atoms with Crippen molar-refractivity contribution in [2.45, 2.75) is 135 Å². The van der Waals surface area contributed by atoms with Gasteiger partial charge in [-0.15, -0.1) is 0 Å². The molecule has 0 saturated carbocycles. The van der Waals surface area contributed by atoms with Gasteiger partial charge in [-0.25, -0.2) is 0 Å². The summed E-state index contributed by atoms with van der Waals surface area (Å²) in [5, 5.41) is 0. The SMILES string of the molecule is CCCCCCCCCCCCCCCCCCCCC(=O)CC(=O)c1ccccc1. The average Bonchev–Trinajstić information content (AvgIpc) is 2.78. The van der Waals surface area contributed by atoms with Gasteiger partial charge in [0.15, 0.2) is 5.78 Å². The Balaban J connectivity index is 1.79. The summed E-state index contributed by atoms with van der Waals surface area (Å²) < 4.78 is 0. The number of unbranched alkanes of at least 4 members (excludes halogenated alkanes) is 17. The minimum Gasteiger partial charge on any atom is -0.299 e. The summed E-state index contributed by atoms with van der Waals surface area (Å²) in [5.41, 5.74) is 0.647. The summed E-state index contributed by atoms with van der Waals surface area (Å²) in [6.45, 7) is 2.28. The molecule has 0 aliphatic carbocycles. The van der Waals surface area contributed by atoms with Crippen LogP contribution < -0.4 is 0 Å². The molecule has 31 heavy (non-hydrogen) atoms. The third kappa shape index (κ3) is 16.9. The van der Waals surface area contributed by atoms with Crippen LogP contribution in [0.15, 0.2) is 30.3 Å².